The van der Waals surface area contributed by atoms with Gasteiger partial charge in [0, 0.05) is 12.4 Å². The molecule has 1 unspecified atom stereocenters. The van der Waals surface area contributed by atoms with Gasteiger partial charge in [0.1, 0.15) is 12.4 Å². The highest BCUT2D eigenvalue weighted by molar-refractivity contribution is 8.00. The van der Waals surface area contributed by atoms with Gasteiger partial charge in [0.25, 0.3) is 0 Å². The summed E-state index contributed by atoms with van der Waals surface area (Å²) in [5.74, 6) is 7.72. The first-order chi connectivity index (χ1) is 14.3. The van der Waals surface area contributed by atoms with Gasteiger partial charge >= 0.3 is 0 Å². The molecule has 2 aromatic heterocycles. The van der Waals surface area contributed by atoms with Crippen LogP contribution in [-0.2, 0) is 11.4 Å². The molecule has 10 heteroatoms. The second-order valence-corrected chi connectivity index (χ2v) is 8.38. The lowest BCUT2D eigenvalue weighted by molar-refractivity contribution is -0.115. The van der Waals surface area contributed by atoms with Crippen molar-refractivity contribution in [2.75, 3.05) is 11.2 Å². The van der Waals surface area contributed by atoms with E-state index in [-0.39, 0.29) is 18.5 Å². The molecule has 0 bridgehead atoms. The van der Waals surface area contributed by atoms with E-state index in [4.69, 9.17) is 10.6 Å². The van der Waals surface area contributed by atoms with Gasteiger partial charge in [-0.3, -0.25) is 10.1 Å². The van der Waals surface area contributed by atoms with Crippen LogP contribution in [0.15, 0.2) is 41.8 Å². The fraction of sp³-hybridized carbons (Fsp3) is 0.350. The van der Waals surface area contributed by atoms with Crippen LogP contribution in [0.2, 0.25) is 0 Å². The first-order valence-corrected chi connectivity index (χ1v) is 10.4. The summed E-state index contributed by atoms with van der Waals surface area (Å²) in [7, 11) is 0. The molecule has 0 saturated heterocycles. The monoisotopic (exact) mass is 427 g/mol. The fourth-order valence-corrected chi connectivity index (χ4v) is 3.45. The molecule has 158 valence electrons. The number of nitrogens with one attached hydrogen (secondary N) is 1. The quantitative estimate of drug-likeness (QED) is 0.416. The molecule has 0 aliphatic heterocycles. The number of nitrogens with two attached hydrogens (primary N) is 1. The van der Waals surface area contributed by atoms with Gasteiger partial charge in [-0.1, -0.05) is 37.7 Å². The van der Waals surface area contributed by atoms with Crippen LogP contribution in [0.1, 0.15) is 43.6 Å². The van der Waals surface area contributed by atoms with Gasteiger partial charge in [-0.2, -0.15) is 0 Å². The Kier molecular flexibility index (Phi) is 6.88. The van der Waals surface area contributed by atoms with Crippen molar-refractivity contribution in [3.05, 3.63) is 53.6 Å². The number of nitrogen functional groups attached to an aromatic ring is 1. The fourth-order valence-electron chi connectivity index (χ4n) is 2.66. The van der Waals surface area contributed by atoms with Crippen molar-refractivity contribution in [1.82, 2.24) is 24.8 Å². The van der Waals surface area contributed by atoms with Crippen molar-refractivity contribution in [3.8, 4) is 5.75 Å². The van der Waals surface area contributed by atoms with E-state index in [1.165, 1.54) is 16.4 Å². The van der Waals surface area contributed by atoms with Crippen molar-refractivity contribution < 1.29 is 9.53 Å². The van der Waals surface area contributed by atoms with Crippen LogP contribution < -0.4 is 15.9 Å². The van der Waals surface area contributed by atoms with Gasteiger partial charge in [0.2, 0.25) is 17.0 Å². The number of aromatic nitrogens is 5. The highest BCUT2D eigenvalue weighted by Gasteiger charge is 2.20. The summed E-state index contributed by atoms with van der Waals surface area (Å²) in [6, 6.07) is 7.81. The number of hydrogen-bond acceptors (Lipinski definition) is 8. The third kappa shape index (κ3) is 5.26. The summed E-state index contributed by atoms with van der Waals surface area (Å²) in [5, 5.41) is 10.8. The molecule has 30 heavy (non-hydrogen) atoms. The lowest BCUT2D eigenvalue weighted by Crippen LogP contribution is -2.25. The summed E-state index contributed by atoms with van der Waals surface area (Å²) in [6.45, 7) is 8.17. The Bertz CT molecular complexity index is 1010. The van der Waals surface area contributed by atoms with Crippen LogP contribution in [0.4, 0.5) is 5.95 Å². The average molecular weight is 428 g/mol. The zero-order valence-corrected chi connectivity index (χ0v) is 18.2. The molecule has 0 spiro atoms. The van der Waals surface area contributed by atoms with E-state index < -0.39 is 5.25 Å². The van der Waals surface area contributed by atoms with Crippen molar-refractivity contribution in [2.24, 2.45) is 0 Å². The van der Waals surface area contributed by atoms with Gasteiger partial charge in [-0.05, 0) is 43.0 Å². The number of nitrogens with zero attached hydrogens (tertiary/aromatic N) is 5. The molecule has 1 amide bonds. The first-order valence-electron chi connectivity index (χ1n) is 9.52. The Morgan fingerprint density at radius 3 is 2.67 bits per heavy atom. The lowest BCUT2D eigenvalue weighted by atomic mass is 10.0. The topological polar surface area (TPSA) is 121 Å². The Balaban J connectivity index is 1.63. The molecular weight excluding hydrogens is 402 g/mol. The van der Waals surface area contributed by atoms with E-state index in [2.05, 4.69) is 51.5 Å². The third-order valence-corrected chi connectivity index (χ3v) is 5.39. The minimum atomic E-state index is -0.474. The highest BCUT2D eigenvalue weighted by atomic mass is 32.2. The Morgan fingerprint density at radius 1 is 1.23 bits per heavy atom. The Morgan fingerprint density at radius 2 is 1.97 bits per heavy atom. The molecule has 1 aromatic carbocycles. The van der Waals surface area contributed by atoms with E-state index in [1.807, 2.05) is 13.0 Å². The normalized spacial score (nSPS) is 12.0. The number of carbonyl (C=O) groups excluding carboxylic acids is 1. The molecule has 3 aromatic rings. The number of benzene rings is 1. The van der Waals surface area contributed by atoms with Crippen molar-refractivity contribution in [2.45, 2.75) is 50.6 Å². The largest absolute Gasteiger partial charge is 0.485 e. The second-order valence-electron chi connectivity index (χ2n) is 7.08. The molecule has 0 aliphatic rings. The van der Waals surface area contributed by atoms with Crippen LogP contribution in [0, 0.1) is 6.92 Å². The summed E-state index contributed by atoms with van der Waals surface area (Å²) in [6.07, 6.45) is 3.12. The second kappa shape index (κ2) is 9.57. The summed E-state index contributed by atoms with van der Waals surface area (Å²) < 4.78 is 7.33. The number of amides is 1. The van der Waals surface area contributed by atoms with E-state index in [1.54, 1.807) is 25.4 Å². The number of anilines is 1. The summed E-state index contributed by atoms with van der Waals surface area (Å²) >= 11 is 1.19. The third-order valence-electron chi connectivity index (χ3n) is 4.34. The van der Waals surface area contributed by atoms with Gasteiger partial charge in [-0.25, -0.2) is 14.6 Å². The number of hydrogen-bond donors (Lipinski definition) is 2. The zero-order valence-electron chi connectivity index (χ0n) is 17.4. The standard InChI is InChI=1S/C20H25N7O2S/c1-12(2)15-7-6-13(3)10-16(15)29-11-17-25-26-20(27(17)21)30-14(4)18(28)24-19-22-8-5-9-23-19/h5-10,12,14H,11,21H2,1-4H3,(H,22,23,24,28). The first kappa shape index (κ1) is 21.6. The van der Waals surface area contributed by atoms with Crippen molar-refractivity contribution in [3.63, 3.8) is 0 Å². The molecule has 0 radical (unpaired) electrons. The van der Waals surface area contributed by atoms with Crippen molar-refractivity contribution >= 4 is 23.6 Å². The predicted molar refractivity (Wildman–Crippen MR) is 116 cm³/mol. The molecule has 1 atom stereocenters. The number of rotatable bonds is 8. The molecule has 9 nitrogen and oxygen atoms in total. The lowest BCUT2D eigenvalue weighted by Gasteiger charge is -2.14. The van der Waals surface area contributed by atoms with Gasteiger partial charge in [0.15, 0.2) is 5.82 Å². The van der Waals surface area contributed by atoms with E-state index in [0.29, 0.717) is 16.9 Å². The van der Waals surface area contributed by atoms with Gasteiger partial charge < -0.3 is 10.6 Å². The smallest absolute Gasteiger partial charge is 0.240 e. The molecule has 0 fully saturated rings. The maximum Gasteiger partial charge on any atom is 0.240 e. The van der Waals surface area contributed by atoms with Crippen LogP contribution in [0.3, 0.4) is 0 Å². The van der Waals surface area contributed by atoms with Crippen LogP contribution in [0.5, 0.6) is 5.75 Å². The average Bonchev–Trinajstić information content (AvgIpc) is 3.06. The molecule has 3 N–H and O–H groups in total. The minimum absolute atomic E-state index is 0.172. The maximum atomic E-state index is 12.3. The van der Waals surface area contributed by atoms with Crippen LogP contribution in [-0.4, -0.2) is 36.0 Å². The van der Waals surface area contributed by atoms with Crippen LogP contribution >= 0.6 is 11.8 Å². The number of aryl methyl sites for hydroxylation is 1. The van der Waals surface area contributed by atoms with Gasteiger partial charge in [-0.15, -0.1) is 10.2 Å². The van der Waals surface area contributed by atoms with Gasteiger partial charge in [0.05, 0.1) is 5.25 Å². The zero-order chi connectivity index (χ0) is 21.7. The van der Waals surface area contributed by atoms with Crippen LogP contribution in [0.25, 0.3) is 0 Å². The number of ether oxygens (including phenoxy) is 1. The Labute approximate surface area is 179 Å². The molecule has 2 heterocycles. The highest BCUT2D eigenvalue weighted by Crippen LogP contribution is 2.28. The predicted octanol–water partition coefficient (Wildman–Crippen LogP) is 2.91. The molecular formula is C20H25N7O2S. The Hall–Kier alpha value is -3.14. The summed E-state index contributed by atoms with van der Waals surface area (Å²) in [5.41, 5.74) is 2.23. The summed E-state index contributed by atoms with van der Waals surface area (Å²) in [4.78, 5) is 20.3. The number of thioether (sulfide) groups is 1. The van der Waals surface area contributed by atoms with E-state index in [0.717, 1.165) is 16.9 Å². The molecule has 0 saturated carbocycles. The SMILES string of the molecule is Cc1ccc(C(C)C)c(OCc2nnc(SC(C)C(=O)Nc3ncccn3)n2N)c1. The maximum absolute atomic E-state index is 12.3. The number of carbonyl (C=O) groups is 1. The molecule has 0 aliphatic carbocycles. The van der Waals surface area contributed by atoms with E-state index in [9.17, 15) is 4.79 Å². The molecule has 3 rings (SSSR count). The van der Waals surface area contributed by atoms with E-state index >= 15 is 0 Å². The minimum Gasteiger partial charge on any atom is -0.485 e. The van der Waals surface area contributed by atoms with Crippen molar-refractivity contribution in [1.29, 1.82) is 0 Å².